The summed E-state index contributed by atoms with van der Waals surface area (Å²) in [7, 11) is 2.20. The van der Waals surface area contributed by atoms with Crippen LogP contribution in [0.15, 0.2) is 52.3 Å². The van der Waals surface area contributed by atoms with Crippen molar-refractivity contribution in [2.24, 2.45) is 0 Å². The fourth-order valence-corrected chi connectivity index (χ4v) is 5.07. The topological polar surface area (TPSA) is 35.6 Å². The summed E-state index contributed by atoms with van der Waals surface area (Å²) in [6, 6.07) is 15.9. The van der Waals surface area contributed by atoms with Gasteiger partial charge in [-0.25, -0.2) is 0 Å². The fourth-order valence-electron chi connectivity index (χ4n) is 3.96. The van der Waals surface area contributed by atoms with E-state index >= 15 is 0 Å². The molecule has 0 aromatic heterocycles. The standard InChI is InChI=1S/C22H27N3OS.2ClH/c1-16(26)23-15-17-7-8-22-19(13-17)20(25-11-9-24(2)10-12-25)14-18-5-3-4-6-21(18)27-22;;/h3-8,13,20H,9-12,14-15H2,1-2H3,(H,23,26);2*1H. The zero-order chi connectivity index (χ0) is 18.8. The Labute approximate surface area is 190 Å². The molecule has 2 heterocycles. The highest BCUT2D eigenvalue weighted by Gasteiger charge is 2.29. The Morgan fingerprint density at radius 1 is 1.07 bits per heavy atom. The molecule has 158 valence electrons. The molecule has 2 aliphatic rings. The Morgan fingerprint density at radius 3 is 2.52 bits per heavy atom. The maximum Gasteiger partial charge on any atom is 0.217 e. The number of amides is 1. The number of nitrogens with zero attached hydrogens (tertiary/aromatic N) is 2. The van der Waals surface area contributed by atoms with Gasteiger partial charge in [-0.1, -0.05) is 42.1 Å². The van der Waals surface area contributed by atoms with Crippen LogP contribution < -0.4 is 5.32 Å². The van der Waals surface area contributed by atoms with E-state index in [2.05, 4.69) is 64.6 Å². The molecule has 1 fully saturated rings. The Morgan fingerprint density at radius 2 is 1.79 bits per heavy atom. The average molecular weight is 454 g/mol. The van der Waals surface area contributed by atoms with Gasteiger partial charge in [0.15, 0.2) is 0 Å². The predicted molar refractivity (Wildman–Crippen MR) is 125 cm³/mol. The van der Waals surface area contributed by atoms with Crippen molar-refractivity contribution >= 4 is 42.5 Å². The lowest BCUT2D eigenvalue weighted by atomic mass is 9.95. The van der Waals surface area contributed by atoms with Crippen molar-refractivity contribution in [1.82, 2.24) is 15.1 Å². The summed E-state index contributed by atoms with van der Waals surface area (Å²) in [5.41, 5.74) is 4.02. The minimum absolute atomic E-state index is 0. The minimum atomic E-state index is 0. The van der Waals surface area contributed by atoms with Crippen LogP contribution in [0.25, 0.3) is 0 Å². The molecule has 2 aliphatic heterocycles. The van der Waals surface area contributed by atoms with E-state index < -0.39 is 0 Å². The highest BCUT2D eigenvalue weighted by atomic mass is 35.5. The Bertz CT molecular complexity index is 841. The number of hydrogen-bond donors (Lipinski definition) is 1. The first-order chi connectivity index (χ1) is 13.1. The summed E-state index contributed by atoms with van der Waals surface area (Å²) in [5.74, 6) is 0.0161. The summed E-state index contributed by atoms with van der Waals surface area (Å²) in [6.07, 6.45) is 1.05. The van der Waals surface area contributed by atoms with Gasteiger partial charge in [-0.05, 0) is 42.3 Å². The van der Waals surface area contributed by atoms with E-state index in [9.17, 15) is 4.79 Å². The molecular formula is C22H29Cl2N3OS. The minimum Gasteiger partial charge on any atom is -0.352 e. The molecule has 29 heavy (non-hydrogen) atoms. The Kier molecular flexibility index (Phi) is 8.86. The molecule has 2 aromatic rings. The van der Waals surface area contributed by atoms with Crippen molar-refractivity contribution in [3.8, 4) is 0 Å². The lowest BCUT2D eigenvalue weighted by Gasteiger charge is -2.38. The molecule has 0 aliphatic carbocycles. The van der Waals surface area contributed by atoms with Gasteiger partial charge in [0.05, 0.1) is 0 Å². The number of carbonyl (C=O) groups excluding carboxylic acids is 1. The van der Waals surface area contributed by atoms with Crippen LogP contribution >= 0.6 is 36.6 Å². The van der Waals surface area contributed by atoms with Gasteiger partial charge < -0.3 is 10.2 Å². The molecule has 1 amide bonds. The summed E-state index contributed by atoms with van der Waals surface area (Å²) in [5, 5.41) is 2.94. The molecule has 0 bridgehead atoms. The second kappa shape index (κ2) is 10.7. The SMILES string of the molecule is CC(=O)NCc1ccc2c(c1)C(N1CCN(C)CC1)Cc1ccccc1S2.Cl.Cl. The monoisotopic (exact) mass is 453 g/mol. The number of rotatable bonds is 3. The quantitative estimate of drug-likeness (QED) is 0.756. The molecular weight excluding hydrogens is 425 g/mol. The van der Waals surface area contributed by atoms with E-state index in [0.717, 1.165) is 32.6 Å². The van der Waals surface area contributed by atoms with Gasteiger partial charge in [0.1, 0.15) is 0 Å². The van der Waals surface area contributed by atoms with E-state index in [1.165, 1.54) is 26.5 Å². The third-order valence-corrected chi connectivity index (χ3v) is 6.77. The van der Waals surface area contributed by atoms with Crippen LogP contribution in [0.4, 0.5) is 0 Å². The number of piperazine rings is 1. The molecule has 0 saturated carbocycles. The third kappa shape index (κ3) is 5.68. The van der Waals surface area contributed by atoms with Crippen LogP contribution in [0, 0.1) is 0 Å². The maximum atomic E-state index is 11.3. The van der Waals surface area contributed by atoms with E-state index in [0.29, 0.717) is 12.6 Å². The first-order valence-corrected chi connectivity index (χ1v) is 10.5. The zero-order valence-corrected chi connectivity index (χ0v) is 19.3. The summed E-state index contributed by atoms with van der Waals surface area (Å²) < 4.78 is 0. The van der Waals surface area contributed by atoms with Crippen molar-refractivity contribution in [3.63, 3.8) is 0 Å². The highest BCUT2D eigenvalue weighted by Crippen LogP contribution is 2.43. The van der Waals surface area contributed by atoms with E-state index in [1.807, 2.05) is 11.8 Å². The van der Waals surface area contributed by atoms with Crippen LogP contribution in [-0.2, 0) is 17.8 Å². The zero-order valence-electron chi connectivity index (χ0n) is 16.9. The second-order valence-corrected chi connectivity index (χ2v) is 8.63. The smallest absolute Gasteiger partial charge is 0.217 e. The van der Waals surface area contributed by atoms with E-state index in [-0.39, 0.29) is 30.7 Å². The molecule has 0 radical (unpaired) electrons. The van der Waals surface area contributed by atoms with Crippen LogP contribution in [0.3, 0.4) is 0 Å². The van der Waals surface area contributed by atoms with Gasteiger partial charge in [0, 0.05) is 55.5 Å². The molecule has 4 nitrogen and oxygen atoms in total. The molecule has 2 aromatic carbocycles. The third-order valence-electron chi connectivity index (χ3n) is 5.56. The van der Waals surface area contributed by atoms with Crippen molar-refractivity contribution < 1.29 is 4.79 Å². The van der Waals surface area contributed by atoms with Crippen molar-refractivity contribution in [2.45, 2.75) is 35.7 Å². The van der Waals surface area contributed by atoms with Gasteiger partial charge in [-0.2, -0.15) is 0 Å². The van der Waals surface area contributed by atoms with Gasteiger partial charge >= 0.3 is 0 Å². The average Bonchev–Trinajstić information content (AvgIpc) is 2.83. The van der Waals surface area contributed by atoms with Gasteiger partial charge in [0.2, 0.25) is 5.91 Å². The number of carbonyl (C=O) groups is 1. The first-order valence-electron chi connectivity index (χ1n) is 9.66. The highest BCUT2D eigenvalue weighted by molar-refractivity contribution is 7.99. The number of fused-ring (bicyclic) bond motifs is 2. The van der Waals surface area contributed by atoms with Gasteiger partial charge in [0.25, 0.3) is 0 Å². The molecule has 0 spiro atoms. The lowest BCUT2D eigenvalue weighted by molar-refractivity contribution is -0.119. The van der Waals surface area contributed by atoms with Gasteiger partial charge in [-0.15, -0.1) is 24.8 Å². The molecule has 7 heteroatoms. The first kappa shape index (κ1) is 24.0. The number of halogens is 2. The largest absolute Gasteiger partial charge is 0.352 e. The Balaban J connectivity index is 0.00000150. The predicted octanol–water partition coefficient (Wildman–Crippen LogP) is 4.16. The maximum absolute atomic E-state index is 11.3. The number of nitrogens with one attached hydrogen (secondary N) is 1. The summed E-state index contributed by atoms with van der Waals surface area (Å²) in [4.78, 5) is 19.1. The number of likely N-dealkylation sites (N-methyl/N-ethyl adjacent to an activating group) is 1. The van der Waals surface area contributed by atoms with Crippen LogP contribution in [0.5, 0.6) is 0 Å². The summed E-state index contributed by atoms with van der Waals surface area (Å²) in [6.45, 7) is 6.60. The molecule has 4 rings (SSSR count). The normalized spacial score (nSPS) is 19.0. The van der Waals surface area contributed by atoms with E-state index in [4.69, 9.17) is 0 Å². The van der Waals surface area contributed by atoms with Crippen molar-refractivity contribution in [2.75, 3.05) is 33.2 Å². The second-order valence-electron chi connectivity index (χ2n) is 7.55. The Hall–Kier alpha value is -1.24. The molecule has 1 saturated heterocycles. The van der Waals surface area contributed by atoms with E-state index in [1.54, 1.807) is 6.92 Å². The number of benzene rings is 2. The van der Waals surface area contributed by atoms with Crippen LogP contribution in [0.2, 0.25) is 0 Å². The lowest BCUT2D eigenvalue weighted by Crippen LogP contribution is -2.46. The summed E-state index contributed by atoms with van der Waals surface area (Å²) >= 11 is 1.88. The van der Waals surface area contributed by atoms with Gasteiger partial charge in [-0.3, -0.25) is 9.69 Å². The fraction of sp³-hybridized carbons (Fsp3) is 0.409. The van der Waals surface area contributed by atoms with Crippen molar-refractivity contribution in [1.29, 1.82) is 0 Å². The molecule has 1 atom stereocenters. The van der Waals surface area contributed by atoms with Crippen LogP contribution in [-0.4, -0.2) is 48.9 Å². The number of hydrogen-bond acceptors (Lipinski definition) is 4. The molecule has 1 N–H and O–H groups in total. The molecule has 1 unspecified atom stereocenters. The van der Waals surface area contributed by atoms with Crippen LogP contribution in [0.1, 0.15) is 29.7 Å². The van der Waals surface area contributed by atoms with Crippen molar-refractivity contribution in [3.05, 3.63) is 59.2 Å².